The fourth-order valence-electron chi connectivity index (χ4n) is 3.55. The van der Waals surface area contributed by atoms with E-state index in [1.807, 2.05) is 0 Å². The number of anilines is 1. The van der Waals surface area contributed by atoms with Crippen LogP contribution in [-0.4, -0.2) is 41.0 Å². The highest BCUT2D eigenvalue weighted by Crippen LogP contribution is 2.41. The molecule has 0 bridgehead atoms. The van der Waals surface area contributed by atoms with E-state index < -0.39 is 47.0 Å². The van der Waals surface area contributed by atoms with Crippen molar-refractivity contribution in [3.8, 4) is 5.75 Å². The number of alkyl halides is 6. The van der Waals surface area contributed by atoms with E-state index in [0.717, 1.165) is 10.9 Å². The zero-order valence-electron chi connectivity index (χ0n) is 17.0. The zero-order chi connectivity index (χ0) is 24.4. The van der Waals surface area contributed by atoms with Crippen molar-refractivity contribution in [2.45, 2.75) is 37.5 Å². The van der Waals surface area contributed by atoms with Gasteiger partial charge in [0.05, 0.1) is 24.5 Å². The van der Waals surface area contributed by atoms with Crippen molar-refractivity contribution in [1.82, 2.24) is 9.78 Å². The first-order valence-corrected chi connectivity index (χ1v) is 10.8. The lowest BCUT2D eigenvalue weighted by molar-refractivity contribution is -0.145. The van der Waals surface area contributed by atoms with Crippen LogP contribution in [0.1, 0.15) is 41.9 Å². The van der Waals surface area contributed by atoms with E-state index in [1.54, 1.807) is 4.90 Å². The molecule has 1 aliphatic rings. The molecule has 182 valence electrons. The van der Waals surface area contributed by atoms with Gasteiger partial charge in [-0.2, -0.15) is 31.4 Å². The Balaban J connectivity index is 1.92. The molecule has 1 saturated heterocycles. The first-order valence-electron chi connectivity index (χ1n) is 9.69. The fraction of sp³-hybridized carbons (Fsp3) is 0.474. The number of carbonyl (C=O) groups excluding carboxylic acids is 1. The molecule has 2 heterocycles. The van der Waals surface area contributed by atoms with Crippen molar-refractivity contribution < 1.29 is 40.1 Å². The maximum Gasteiger partial charge on any atom is 0.479 e. The molecular weight excluding hydrogens is 500 g/mol. The normalized spacial score (nSPS) is 17.2. The van der Waals surface area contributed by atoms with Crippen LogP contribution in [0.25, 0.3) is 0 Å². The number of hydrogen-bond acceptors (Lipinski definition) is 6. The van der Waals surface area contributed by atoms with Crippen molar-refractivity contribution in [3.63, 3.8) is 0 Å². The summed E-state index contributed by atoms with van der Waals surface area (Å²) in [4.78, 5) is 13.6. The van der Waals surface area contributed by atoms with Gasteiger partial charge in [0.2, 0.25) is 0 Å². The predicted molar refractivity (Wildman–Crippen MR) is 109 cm³/mol. The van der Waals surface area contributed by atoms with Crippen LogP contribution in [0, 0.1) is 0 Å². The molecule has 1 unspecified atom stereocenters. The SMILES string of the molecule is CCOC(=O)c1cnn(C2CCCN(c3cc(Cl)ccc3OSC(F)(F)F)C2)c1C(F)(F)F. The highest BCUT2D eigenvalue weighted by molar-refractivity contribution is 7.95. The summed E-state index contributed by atoms with van der Waals surface area (Å²) in [7, 11) is 0. The van der Waals surface area contributed by atoms with Gasteiger partial charge in [-0.25, -0.2) is 4.79 Å². The topological polar surface area (TPSA) is 56.6 Å². The molecule has 0 radical (unpaired) electrons. The van der Waals surface area contributed by atoms with Gasteiger partial charge in [-0.1, -0.05) is 11.6 Å². The Morgan fingerprint density at radius 3 is 2.64 bits per heavy atom. The standard InChI is InChI=1S/C19H18ClF6N3O3S/c1-2-31-17(30)13-9-27-29(16(13)18(21,22)23)12-4-3-7-28(10-12)14-8-11(20)5-6-15(14)32-33-19(24,25)26/h5-6,8-9,12H,2-4,7,10H2,1H3. The Bertz CT molecular complexity index is 998. The molecule has 0 saturated carbocycles. The fourth-order valence-corrected chi connectivity index (χ4v) is 4.04. The maximum absolute atomic E-state index is 13.8. The van der Waals surface area contributed by atoms with Crippen LogP contribution in [0.15, 0.2) is 24.4 Å². The van der Waals surface area contributed by atoms with Gasteiger partial charge in [-0.05, 0) is 38.0 Å². The van der Waals surface area contributed by atoms with Gasteiger partial charge >= 0.3 is 17.7 Å². The van der Waals surface area contributed by atoms with Gasteiger partial charge in [0.1, 0.15) is 5.56 Å². The number of rotatable bonds is 6. The number of benzene rings is 1. The minimum absolute atomic E-state index is 0.0274. The zero-order valence-corrected chi connectivity index (χ0v) is 18.6. The van der Waals surface area contributed by atoms with Gasteiger partial charge < -0.3 is 13.8 Å². The number of aromatic nitrogens is 2. The van der Waals surface area contributed by atoms with E-state index >= 15 is 0 Å². The second-order valence-electron chi connectivity index (χ2n) is 7.04. The van der Waals surface area contributed by atoms with Crippen molar-refractivity contribution in [2.24, 2.45) is 0 Å². The highest BCUT2D eigenvalue weighted by atomic mass is 35.5. The third-order valence-electron chi connectivity index (χ3n) is 4.79. The van der Waals surface area contributed by atoms with Crippen LogP contribution in [0.4, 0.5) is 32.0 Å². The lowest BCUT2D eigenvalue weighted by Crippen LogP contribution is -2.38. The van der Waals surface area contributed by atoms with Crippen LogP contribution in [-0.2, 0) is 10.9 Å². The lowest BCUT2D eigenvalue weighted by Gasteiger charge is -2.36. The molecule has 6 nitrogen and oxygen atoms in total. The summed E-state index contributed by atoms with van der Waals surface area (Å²) in [6, 6.07) is 3.17. The summed E-state index contributed by atoms with van der Waals surface area (Å²) in [6.07, 6.45) is -3.35. The second-order valence-corrected chi connectivity index (χ2v) is 8.27. The number of hydrogen-bond donors (Lipinski definition) is 0. The minimum atomic E-state index is -4.88. The minimum Gasteiger partial charge on any atom is -0.462 e. The molecule has 0 amide bonds. The van der Waals surface area contributed by atoms with E-state index in [2.05, 4.69) is 5.10 Å². The molecule has 1 atom stereocenters. The van der Waals surface area contributed by atoms with Crippen molar-refractivity contribution >= 4 is 35.3 Å². The molecule has 0 spiro atoms. The second kappa shape index (κ2) is 9.92. The molecule has 14 heteroatoms. The average molecular weight is 518 g/mol. The Kier molecular flexibility index (Phi) is 7.62. The van der Waals surface area contributed by atoms with Crippen LogP contribution in [0.3, 0.4) is 0 Å². The van der Waals surface area contributed by atoms with Gasteiger partial charge in [0.25, 0.3) is 0 Å². The van der Waals surface area contributed by atoms with Crippen molar-refractivity contribution in [1.29, 1.82) is 0 Å². The third kappa shape index (κ3) is 6.19. The van der Waals surface area contributed by atoms with Gasteiger partial charge in [-0.15, -0.1) is 0 Å². The molecule has 1 fully saturated rings. The van der Waals surface area contributed by atoms with Gasteiger partial charge in [-0.3, -0.25) is 4.68 Å². The predicted octanol–water partition coefficient (Wildman–Crippen LogP) is 6.12. The Morgan fingerprint density at radius 2 is 2.00 bits per heavy atom. The molecule has 1 aromatic carbocycles. The summed E-state index contributed by atoms with van der Waals surface area (Å²) in [5.41, 5.74) is -6.38. The quantitative estimate of drug-likeness (QED) is 0.261. The Hall–Kier alpha value is -2.28. The van der Waals surface area contributed by atoms with Gasteiger partial charge in [0, 0.05) is 18.1 Å². The van der Waals surface area contributed by atoms with Crippen molar-refractivity contribution in [2.75, 3.05) is 24.6 Å². The highest BCUT2D eigenvalue weighted by Gasteiger charge is 2.43. The molecule has 3 rings (SSSR count). The molecule has 1 aliphatic heterocycles. The first kappa shape index (κ1) is 25.3. The number of esters is 1. The van der Waals surface area contributed by atoms with E-state index in [0.29, 0.717) is 19.4 Å². The monoisotopic (exact) mass is 517 g/mol. The summed E-state index contributed by atoms with van der Waals surface area (Å²) >= 11 is 5.30. The third-order valence-corrected chi connectivity index (χ3v) is 5.48. The molecule has 0 aliphatic carbocycles. The van der Waals surface area contributed by atoms with Crippen LogP contribution >= 0.6 is 23.6 Å². The summed E-state index contributed by atoms with van der Waals surface area (Å²) in [5.74, 6) is -1.27. The summed E-state index contributed by atoms with van der Waals surface area (Å²) in [5, 5.41) is 4.02. The molecule has 33 heavy (non-hydrogen) atoms. The Morgan fingerprint density at radius 1 is 1.27 bits per heavy atom. The molecular formula is C19H18ClF6N3O3S. The van der Waals surface area contributed by atoms with E-state index in [1.165, 1.54) is 25.1 Å². The van der Waals surface area contributed by atoms with Crippen molar-refractivity contribution in [3.05, 3.63) is 40.7 Å². The first-order chi connectivity index (χ1) is 15.4. The van der Waals surface area contributed by atoms with Gasteiger partial charge in [0.15, 0.2) is 23.5 Å². The number of nitrogens with zero attached hydrogens (tertiary/aromatic N) is 3. The lowest BCUT2D eigenvalue weighted by atomic mass is 10.0. The number of ether oxygens (including phenoxy) is 1. The van der Waals surface area contributed by atoms with Crippen LogP contribution < -0.4 is 9.08 Å². The van der Waals surface area contributed by atoms with Crippen LogP contribution in [0.5, 0.6) is 5.75 Å². The van der Waals surface area contributed by atoms with E-state index in [9.17, 15) is 31.1 Å². The summed E-state index contributed by atoms with van der Waals surface area (Å²) in [6.45, 7) is 1.68. The summed E-state index contributed by atoms with van der Waals surface area (Å²) < 4.78 is 89.5. The van der Waals surface area contributed by atoms with Crippen LogP contribution in [0.2, 0.25) is 5.02 Å². The smallest absolute Gasteiger partial charge is 0.462 e. The molecule has 2 aromatic rings. The maximum atomic E-state index is 13.8. The number of carbonyl (C=O) groups is 1. The Labute approximate surface area is 194 Å². The van der Waals surface area contributed by atoms with E-state index in [-0.39, 0.29) is 29.6 Å². The van der Waals surface area contributed by atoms with E-state index in [4.69, 9.17) is 20.5 Å². The molecule has 1 aromatic heterocycles. The average Bonchev–Trinajstić information content (AvgIpc) is 3.18. The number of halogens is 7. The number of piperidine rings is 1. The molecule has 0 N–H and O–H groups in total. The largest absolute Gasteiger partial charge is 0.479 e.